The van der Waals surface area contributed by atoms with Crippen LogP contribution >= 0.6 is 0 Å². The number of hydrogen-bond acceptors (Lipinski definition) is 2. The number of rotatable bonds is 6. The summed E-state index contributed by atoms with van der Waals surface area (Å²) in [5, 5.41) is 0. The molecule has 2 N–H and O–H groups in total. The minimum Gasteiger partial charge on any atom is -0.329 e. The number of hydrogen-bond donors (Lipinski definition) is 1. The largest absolute Gasteiger partial charge is 0.329 e. The quantitative estimate of drug-likeness (QED) is 0.709. The van der Waals surface area contributed by atoms with Gasteiger partial charge in [0.2, 0.25) is 0 Å². The van der Waals surface area contributed by atoms with Crippen LogP contribution in [0.4, 0.5) is 0 Å². The molecule has 1 fully saturated rings. The third kappa shape index (κ3) is 2.71. The lowest BCUT2D eigenvalue weighted by Gasteiger charge is -2.41. The number of likely N-dealkylation sites (N-methyl/N-ethyl adjacent to an activating group) is 1. The fourth-order valence-electron chi connectivity index (χ4n) is 2.46. The maximum atomic E-state index is 5.88. The number of nitrogens with zero attached hydrogens (tertiary/aromatic N) is 1. The van der Waals surface area contributed by atoms with Crippen LogP contribution in [-0.2, 0) is 0 Å². The zero-order valence-electron chi connectivity index (χ0n) is 10.00. The molecule has 0 spiro atoms. The van der Waals surface area contributed by atoms with Crippen molar-refractivity contribution in [2.75, 3.05) is 13.6 Å². The lowest BCUT2D eigenvalue weighted by molar-refractivity contribution is 0.0896. The Morgan fingerprint density at radius 3 is 2.43 bits per heavy atom. The molecule has 0 radical (unpaired) electrons. The van der Waals surface area contributed by atoms with Crippen molar-refractivity contribution in [3.8, 4) is 0 Å². The summed E-state index contributed by atoms with van der Waals surface area (Å²) in [6.07, 6.45) is 6.76. The minimum absolute atomic E-state index is 0.630. The zero-order valence-corrected chi connectivity index (χ0v) is 10.00. The summed E-state index contributed by atoms with van der Waals surface area (Å²) >= 11 is 0. The summed E-state index contributed by atoms with van der Waals surface area (Å²) in [6.45, 7) is 5.41. The van der Waals surface area contributed by atoms with Gasteiger partial charge in [0.05, 0.1) is 0 Å². The molecule has 1 aliphatic carbocycles. The van der Waals surface area contributed by atoms with Crippen LogP contribution in [0.25, 0.3) is 0 Å². The highest BCUT2D eigenvalue weighted by Crippen LogP contribution is 2.32. The van der Waals surface area contributed by atoms with E-state index in [1.54, 1.807) is 0 Å². The standard InChI is InChI=1S/C12H26N2/c1-4-6-10(2)14(3)12(9-13)11-7-5-8-11/h10-12H,4-9,13H2,1-3H3. The van der Waals surface area contributed by atoms with Gasteiger partial charge < -0.3 is 5.73 Å². The highest BCUT2D eigenvalue weighted by atomic mass is 15.2. The fraction of sp³-hybridized carbons (Fsp3) is 1.00. The molecule has 0 saturated heterocycles. The van der Waals surface area contributed by atoms with E-state index >= 15 is 0 Å². The molecule has 1 saturated carbocycles. The van der Waals surface area contributed by atoms with Crippen LogP contribution in [0, 0.1) is 5.92 Å². The van der Waals surface area contributed by atoms with Crippen LogP contribution in [0.5, 0.6) is 0 Å². The molecule has 84 valence electrons. The Morgan fingerprint density at radius 2 is 2.07 bits per heavy atom. The van der Waals surface area contributed by atoms with Crippen molar-refractivity contribution < 1.29 is 0 Å². The van der Waals surface area contributed by atoms with Gasteiger partial charge in [0.25, 0.3) is 0 Å². The van der Waals surface area contributed by atoms with Gasteiger partial charge in [0, 0.05) is 18.6 Å². The second kappa shape index (κ2) is 5.72. The van der Waals surface area contributed by atoms with Crippen LogP contribution in [-0.4, -0.2) is 30.6 Å². The smallest absolute Gasteiger partial charge is 0.0246 e. The van der Waals surface area contributed by atoms with Crippen LogP contribution in [0.2, 0.25) is 0 Å². The molecule has 1 rings (SSSR count). The summed E-state index contributed by atoms with van der Waals surface area (Å²) in [6, 6.07) is 1.32. The molecule has 0 bridgehead atoms. The zero-order chi connectivity index (χ0) is 10.6. The second-order valence-corrected chi connectivity index (χ2v) is 4.80. The summed E-state index contributed by atoms with van der Waals surface area (Å²) in [5.41, 5.74) is 5.88. The van der Waals surface area contributed by atoms with Gasteiger partial charge in [-0.25, -0.2) is 0 Å². The van der Waals surface area contributed by atoms with Crippen molar-refractivity contribution >= 4 is 0 Å². The summed E-state index contributed by atoms with van der Waals surface area (Å²) in [4.78, 5) is 2.51. The van der Waals surface area contributed by atoms with Crippen LogP contribution in [0.3, 0.4) is 0 Å². The Bertz CT molecular complexity index is 154. The van der Waals surface area contributed by atoms with Crippen LogP contribution in [0.15, 0.2) is 0 Å². The van der Waals surface area contributed by atoms with E-state index in [-0.39, 0.29) is 0 Å². The molecule has 1 aliphatic rings. The Hall–Kier alpha value is -0.0800. The van der Waals surface area contributed by atoms with Gasteiger partial charge in [0.15, 0.2) is 0 Å². The SMILES string of the molecule is CCCC(C)N(C)C(CN)C1CCC1. The highest BCUT2D eigenvalue weighted by molar-refractivity contribution is 4.86. The van der Waals surface area contributed by atoms with Crippen molar-refractivity contribution in [2.24, 2.45) is 11.7 Å². The molecule has 14 heavy (non-hydrogen) atoms. The van der Waals surface area contributed by atoms with Crippen molar-refractivity contribution in [3.05, 3.63) is 0 Å². The molecule has 0 aromatic carbocycles. The lowest BCUT2D eigenvalue weighted by Crippen LogP contribution is -2.49. The normalized spacial score (nSPS) is 22.1. The topological polar surface area (TPSA) is 29.3 Å². The molecule has 0 aliphatic heterocycles. The van der Waals surface area contributed by atoms with Gasteiger partial charge >= 0.3 is 0 Å². The third-order valence-corrected chi connectivity index (χ3v) is 3.86. The average molecular weight is 198 g/mol. The lowest BCUT2D eigenvalue weighted by atomic mass is 9.78. The first-order chi connectivity index (χ1) is 6.70. The molecule has 0 heterocycles. The Morgan fingerprint density at radius 1 is 1.43 bits per heavy atom. The van der Waals surface area contributed by atoms with Crippen LogP contribution in [0.1, 0.15) is 46.0 Å². The Kier molecular flexibility index (Phi) is 4.90. The van der Waals surface area contributed by atoms with Crippen molar-refractivity contribution in [3.63, 3.8) is 0 Å². The predicted molar refractivity (Wildman–Crippen MR) is 62.3 cm³/mol. The second-order valence-electron chi connectivity index (χ2n) is 4.80. The summed E-state index contributed by atoms with van der Waals surface area (Å²) < 4.78 is 0. The first-order valence-electron chi connectivity index (χ1n) is 6.12. The molecule has 0 aromatic rings. The van der Waals surface area contributed by atoms with Gasteiger partial charge in [-0.15, -0.1) is 0 Å². The van der Waals surface area contributed by atoms with E-state index in [0.717, 1.165) is 12.5 Å². The van der Waals surface area contributed by atoms with E-state index in [9.17, 15) is 0 Å². The monoisotopic (exact) mass is 198 g/mol. The molecule has 0 amide bonds. The maximum Gasteiger partial charge on any atom is 0.0246 e. The maximum absolute atomic E-state index is 5.88. The van der Waals surface area contributed by atoms with E-state index in [1.807, 2.05) is 0 Å². The van der Waals surface area contributed by atoms with E-state index in [4.69, 9.17) is 5.73 Å². The van der Waals surface area contributed by atoms with E-state index in [0.29, 0.717) is 12.1 Å². The predicted octanol–water partition coefficient (Wildman–Crippen LogP) is 2.23. The fourth-order valence-corrected chi connectivity index (χ4v) is 2.46. The molecule has 2 atom stereocenters. The van der Waals surface area contributed by atoms with Gasteiger partial charge in [-0.1, -0.05) is 19.8 Å². The first-order valence-corrected chi connectivity index (χ1v) is 6.12. The van der Waals surface area contributed by atoms with E-state index in [1.165, 1.54) is 32.1 Å². The summed E-state index contributed by atoms with van der Waals surface area (Å²) in [7, 11) is 2.25. The van der Waals surface area contributed by atoms with Crippen molar-refractivity contribution in [2.45, 2.75) is 58.0 Å². The molecular formula is C12H26N2. The molecule has 2 unspecified atom stereocenters. The van der Waals surface area contributed by atoms with Gasteiger partial charge in [0.1, 0.15) is 0 Å². The average Bonchev–Trinajstić information content (AvgIpc) is 2.10. The summed E-state index contributed by atoms with van der Waals surface area (Å²) in [5.74, 6) is 0.879. The molecule has 2 nitrogen and oxygen atoms in total. The Labute approximate surface area is 88.8 Å². The number of nitrogens with two attached hydrogens (primary N) is 1. The Balaban J connectivity index is 2.41. The third-order valence-electron chi connectivity index (χ3n) is 3.86. The van der Waals surface area contributed by atoms with E-state index < -0.39 is 0 Å². The molecule has 2 heteroatoms. The van der Waals surface area contributed by atoms with Gasteiger partial charge in [-0.3, -0.25) is 4.90 Å². The van der Waals surface area contributed by atoms with E-state index in [2.05, 4.69) is 25.8 Å². The minimum atomic E-state index is 0.630. The first kappa shape index (κ1) is 12.0. The van der Waals surface area contributed by atoms with Crippen molar-refractivity contribution in [1.82, 2.24) is 4.90 Å². The van der Waals surface area contributed by atoms with Crippen molar-refractivity contribution in [1.29, 1.82) is 0 Å². The highest BCUT2D eigenvalue weighted by Gasteiger charge is 2.30. The van der Waals surface area contributed by atoms with Crippen LogP contribution < -0.4 is 5.73 Å². The van der Waals surface area contributed by atoms with Gasteiger partial charge in [-0.05, 0) is 39.2 Å². The van der Waals surface area contributed by atoms with Gasteiger partial charge in [-0.2, -0.15) is 0 Å². The molecular weight excluding hydrogens is 172 g/mol. The molecule has 0 aromatic heterocycles.